The van der Waals surface area contributed by atoms with Gasteiger partial charge in [-0.15, -0.1) is 0 Å². The predicted molar refractivity (Wildman–Crippen MR) is 191 cm³/mol. The first kappa shape index (κ1) is 38.8. The number of esters is 1. The van der Waals surface area contributed by atoms with Crippen molar-refractivity contribution in [2.45, 2.75) is 128 Å². The normalized spacial score (nSPS) is 25.8. The van der Waals surface area contributed by atoms with Gasteiger partial charge in [-0.2, -0.15) is 0 Å². The van der Waals surface area contributed by atoms with Crippen LogP contribution in [0.25, 0.3) is 0 Å². The zero-order valence-electron chi connectivity index (χ0n) is 31.4. The molecular formula is C38H53N3O11S. The average molecular weight is 760 g/mol. The molecule has 1 saturated heterocycles. The molecule has 2 aliphatic heterocycles. The Kier molecular flexibility index (Phi) is 11.1. The number of benzene rings is 1. The summed E-state index contributed by atoms with van der Waals surface area (Å²) in [6, 6.07) is 4.30. The van der Waals surface area contributed by atoms with Crippen molar-refractivity contribution in [3.63, 3.8) is 0 Å². The Bertz CT molecular complexity index is 1720. The number of Topliss-reactive ketones (excluding diaryl/α,β-unsaturated/α-hetero) is 1. The van der Waals surface area contributed by atoms with Crippen molar-refractivity contribution in [1.29, 1.82) is 0 Å². The van der Waals surface area contributed by atoms with E-state index < -0.39 is 73.8 Å². The molecule has 2 heterocycles. The van der Waals surface area contributed by atoms with Gasteiger partial charge in [0.2, 0.25) is 28.6 Å². The SMILES string of the molecule is CC[C@H]1C[C@@]1(CC(=O)C1C[C@@H](OC(=O)N(C)Cc2ccc3c(c2)OCO3)CN1C(=O)[C@@H](CC(=O)OC1CCCC1)C(C)(C)C)C(=O)NS(=O)(=O)C1CC1. The molecule has 1 aromatic rings. The van der Waals surface area contributed by atoms with Crippen molar-refractivity contribution in [3.05, 3.63) is 23.8 Å². The average Bonchev–Trinajstić information content (AvgIpc) is 3.88. The molecule has 292 valence electrons. The summed E-state index contributed by atoms with van der Waals surface area (Å²) >= 11 is 0. The molecule has 0 bridgehead atoms. The molecule has 3 saturated carbocycles. The van der Waals surface area contributed by atoms with Gasteiger partial charge in [0.15, 0.2) is 17.3 Å². The topological polar surface area (TPSA) is 175 Å². The van der Waals surface area contributed by atoms with E-state index in [0.29, 0.717) is 37.2 Å². The number of nitrogens with zero attached hydrogens (tertiary/aromatic N) is 2. The summed E-state index contributed by atoms with van der Waals surface area (Å²) < 4.78 is 50.1. The van der Waals surface area contributed by atoms with Crippen LogP contribution in [-0.2, 0) is 45.2 Å². The Morgan fingerprint density at radius 1 is 1.02 bits per heavy atom. The molecule has 0 aromatic heterocycles. The van der Waals surface area contributed by atoms with Crippen LogP contribution < -0.4 is 14.2 Å². The fraction of sp³-hybridized carbons (Fsp3) is 0.711. The lowest BCUT2D eigenvalue weighted by Crippen LogP contribution is -2.48. The summed E-state index contributed by atoms with van der Waals surface area (Å²) in [5.74, 6) is -1.87. The van der Waals surface area contributed by atoms with Crippen LogP contribution in [0.4, 0.5) is 4.79 Å². The highest BCUT2D eigenvalue weighted by Crippen LogP contribution is 2.58. The van der Waals surface area contributed by atoms with Gasteiger partial charge in [-0.25, -0.2) is 13.2 Å². The molecule has 14 nitrogen and oxygen atoms in total. The van der Waals surface area contributed by atoms with Crippen molar-refractivity contribution in [1.82, 2.24) is 14.5 Å². The van der Waals surface area contributed by atoms with Gasteiger partial charge in [-0.05, 0) is 74.0 Å². The Labute approximate surface area is 311 Å². The van der Waals surface area contributed by atoms with E-state index in [1.165, 1.54) is 9.80 Å². The molecule has 0 radical (unpaired) electrons. The van der Waals surface area contributed by atoms with E-state index in [9.17, 15) is 32.4 Å². The molecule has 1 unspecified atom stereocenters. The number of rotatable bonds is 14. The number of hydrogen-bond donors (Lipinski definition) is 1. The maximum atomic E-state index is 14.5. The largest absolute Gasteiger partial charge is 0.462 e. The Hall–Kier alpha value is -3.88. The second-order valence-electron chi connectivity index (χ2n) is 16.6. The third kappa shape index (κ3) is 8.76. The van der Waals surface area contributed by atoms with E-state index in [2.05, 4.69) is 4.72 Å². The van der Waals surface area contributed by atoms with E-state index in [4.69, 9.17) is 18.9 Å². The van der Waals surface area contributed by atoms with Crippen molar-refractivity contribution >= 4 is 39.7 Å². The molecule has 3 amide bonds. The first-order chi connectivity index (χ1) is 25.0. The Balaban J connectivity index is 1.20. The number of sulfonamides is 1. The molecular weight excluding hydrogens is 706 g/mol. The molecule has 1 aromatic carbocycles. The maximum absolute atomic E-state index is 14.5. The third-order valence-electron chi connectivity index (χ3n) is 11.5. The molecule has 3 aliphatic carbocycles. The van der Waals surface area contributed by atoms with Gasteiger partial charge in [0.25, 0.3) is 0 Å². The van der Waals surface area contributed by atoms with E-state index in [-0.39, 0.29) is 51.2 Å². The number of amides is 3. The van der Waals surface area contributed by atoms with Crippen LogP contribution >= 0.6 is 0 Å². The zero-order valence-corrected chi connectivity index (χ0v) is 32.2. The first-order valence-electron chi connectivity index (χ1n) is 18.9. The van der Waals surface area contributed by atoms with Crippen LogP contribution in [0.3, 0.4) is 0 Å². The summed E-state index contributed by atoms with van der Waals surface area (Å²) in [7, 11) is -2.26. The van der Waals surface area contributed by atoms with Gasteiger partial charge < -0.3 is 28.7 Å². The van der Waals surface area contributed by atoms with Gasteiger partial charge in [-0.1, -0.05) is 40.2 Å². The van der Waals surface area contributed by atoms with Crippen LogP contribution in [-0.4, -0.2) is 91.8 Å². The Morgan fingerprint density at radius 2 is 1.72 bits per heavy atom. The minimum Gasteiger partial charge on any atom is -0.462 e. The summed E-state index contributed by atoms with van der Waals surface area (Å²) in [5, 5.41) is -0.603. The minimum atomic E-state index is -3.84. The van der Waals surface area contributed by atoms with Gasteiger partial charge in [-0.3, -0.25) is 23.9 Å². The first-order valence-corrected chi connectivity index (χ1v) is 20.4. The summed E-state index contributed by atoms with van der Waals surface area (Å²) in [5.41, 5.74) is -1.12. The highest BCUT2D eigenvalue weighted by molar-refractivity contribution is 7.90. The van der Waals surface area contributed by atoms with Gasteiger partial charge >= 0.3 is 12.1 Å². The van der Waals surface area contributed by atoms with Crippen molar-refractivity contribution in [3.8, 4) is 11.5 Å². The van der Waals surface area contributed by atoms with E-state index in [0.717, 1.165) is 31.2 Å². The predicted octanol–water partition coefficient (Wildman–Crippen LogP) is 4.48. The molecule has 0 spiro atoms. The summed E-state index contributed by atoms with van der Waals surface area (Å²) in [6.07, 6.45) is 3.29. The van der Waals surface area contributed by atoms with E-state index in [1.54, 1.807) is 19.2 Å². The van der Waals surface area contributed by atoms with Crippen molar-refractivity contribution in [2.75, 3.05) is 20.4 Å². The molecule has 6 rings (SSSR count). The quantitative estimate of drug-likeness (QED) is 0.265. The van der Waals surface area contributed by atoms with Crippen LogP contribution in [0.2, 0.25) is 0 Å². The molecule has 4 fully saturated rings. The van der Waals surface area contributed by atoms with Crippen molar-refractivity contribution < 1.29 is 51.3 Å². The van der Waals surface area contributed by atoms with Crippen LogP contribution in [0.5, 0.6) is 11.5 Å². The smallest absolute Gasteiger partial charge is 0.410 e. The lowest BCUT2D eigenvalue weighted by atomic mass is 9.77. The third-order valence-corrected chi connectivity index (χ3v) is 13.4. The van der Waals surface area contributed by atoms with E-state index >= 15 is 0 Å². The van der Waals surface area contributed by atoms with Gasteiger partial charge in [0, 0.05) is 26.4 Å². The maximum Gasteiger partial charge on any atom is 0.410 e. The molecule has 53 heavy (non-hydrogen) atoms. The lowest BCUT2D eigenvalue weighted by molar-refractivity contribution is -0.156. The number of likely N-dealkylation sites (tertiary alicyclic amines) is 1. The molecule has 5 atom stereocenters. The Morgan fingerprint density at radius 3 is 2.36 bits per heavy atom. The van der Waals surface area contributed by atoms with Crippen molar-refractivity contribution in [2.24, 2.45) is 22.7 Å². The number of carbonyl (C=O) groups excluding carboxylic acids is 5. The molecule has 15 heteroatoms. The van der Waals surface area contributed by atoms with Crippen LogP contribution in [0.15, 0.2) is 18.2 Å². The van der Waals surface area contributed by atoms with E-state index in [1.807, 2.05) is 33.8 Å². The number of ketones is 1. The second kappa shape index (κ2) is 15.1. The van der Waals surface area contributed by atoms with Gasteiger partial charge in [0.1, 0.15) is 12.2 Å². The van der Waals surface area contributed by atoms with Crippen LogP contribution in [0, 0.1) is 22.7 Å². The number of nitrogens with one attached hydrogen (secondary N) is 1. The monoisotopic (exact) mass is 759 g/mol. The second-order valence-corrected chi connectivity index (χ2v) is 18.6. The summed E-state index contributed by atoms with van der Waals surface area (Å²) in [6.45, 7) is 7.67. The highest BCUT2D eigenvalue weighted by Gasteiger charge is 2.62. The number of ether oxygens (including phenoxy) is 4. The molecule has 1 N–H and O–H groups in total. The van der Waals surface area contributed by atoms with Gasteiger partial charge in [0.05, 0.1) is 35.6 Å². The fourth-order valence-electron chi connectivity index (χ4n) is 8.02. The highest BCUT2D eigenvalue weighted by atomic mass is 32.2. The zero-order chi connectivity index (χ0) is 38.3. The molecule has 5 aliphatic rings. The number of carbonyl (C=O) groups is 5. The number of hydrogen-bond acceptors (Lipinski definition) is 11. The summed E-state index contributed by atoms with van der Waals surface area (Å²) in [4.78, 5) is 71.7. The minimum absolute atomic E-state index is 0.00752. The number of fused-ring (bicyclic) bond motifs is 1. The lowest BCUT2D eigenvalue weighted by Gasteiger charge is -2.35. The fourth-order valence-corrected chi connectivity index (χ4v) is 9.41. The standard InChI is InChI=1S/C38H53N3O11S/c1-6-24-18-38(24,35(45)39-53(47,48)27-12-13-27)19-30(42)29-16-26(52-36(46)40(5)20-23-11-14-31-32(15-23)50-22-49-31)21-41(29)34(44)28(37(2,3)4)17-33(43)51-25-9-7-8-10-25/h11,14-15,24-29H,6-10,12-13,16-22H2,1-5H3,(H,39,45)/t24-,26+,28+,29?,38-/m0/s1. The van der Waals surface area contributed by atoms with Crippen LogP contribution in [0.1, 0.15) is 104 Å².